The minimum Gasteiger partial charge on any atom is -0.506 e. The Morgan fingerprint density at radius 3 is 3.07 bits per heavy atom. The van der Waals surface area contributed by atoms with E-state index in [0.29, 0.717) is 17.9 Å². The second-order valence-electron chi connectivity index (χ2n) is 3.47. The minimum absolute atomic E-state index is 0.0261. The number of benzene rings is 1. The van der Waals surface area contributed by atoms with Gasteiger partial charge in [-0.15, -0.1) is 0 Å². The van der Waals surface area contributed by atoms with Crippen LogP contribution in [-0.4, -0.2) is 17.6 Å². The van der Waals surface area contributed by atoms with Crippen LogP contribution in [0.15, 0.2) is 18.2 Å². The Balaban J connectivity index is 2.42. The molecule has 0 saturated heterocycles. The molecule has 0 fully saturated rings. The summed E-state index contributed by atoms with van der Waals surface area (Å²) in [6.07, 6.45) is 0. The van der Waals surface area contributed by atoms with E-state index in [4.69, 9.17) is 0 Å². The standard InChI is InChI=1S/C10H12N2O2/c1-6-5-11-9-7(12-10(6)14)3-2-4-8(9)13/h2-4,6,11,13H,5H2,1H3,(H,12,14). The summed E-state index contributed by atoms with van der Waals surface area (Å²) in [7, 11) is 0. The molecule has 1 unspecified atom stereocenters. The van der Waals surface area contributed by atoms with Crippen LogP contribution in [0.3, 0.4) is 0 Å². The number of carbonyl (C=O) groups excluding carboxylic acids is 1. The molecular weight excluding hydrogens is 180 g/mol. The zero-order valence-corrected chi connectivity index (χ0v) is 7.87. The summed E-state index contributed by atoms with van der Waals surface area (Å²) in [5, 5.41) is 15.3. The first-order valence-corrected chi connectivity index (χ1v) is 4.55. The van der Waals surface area contributed by atoms with E-state index in [1.807, 2.05) is 6.92 Å². The maximum atomic E-state index is 11.5. The maximum Gasteiger partial charge on any atom is 0.229 e. The fourth-order valence-electron chi connectivity index (χ4n) is 1.43. The largest absolute Gasteiger partial charge is 0.506 e. The maximum absolute atomic E-state index is 11.5. The minimum atomic E-state index is -0.0956. The van der Waals surface area contributed by atoms with Gasteiger partial charge in [0, 0.05) is 6.54 Å². The van der Waals surface area contributed by atoms with Crippen LogP contribution in [0.5, 0.6) is 5.75 Å². The van der Waals surface area contributed by atoms with Crippen molar-refractivity contribution in [1.82, 2.24) is 0 Å². The molecule has 1 aliphatic rings. The summed E-state index contributed by atoms with van der Waals surface area (Å²) in [6, 6.07) is 5.05. The first-order chi connectivity index (χ1) is 6.68. The number of carbonyl (C=O) groups is 1. The third-order valence-corrected chi connectivity index (χ3v) is 2.33. The molecule has 1 aromatic rings. The van der Waals surface area contributed by atoms with Crippen molar-refractivity contribution in [2.75, 3.05) is 17.2 Å². The van der Waals surface area contributed by atoms with E-state index >= 15 is 0 Å². The van der Waals surface area contributed by atoms with Crippen LogP contribution in [0, 0.1) is 5.92 Å². The van der Waals surface area contributed by atoms with Crippen LogP contribution in [0.1, 0.15) is 6.92 Å². The van der Waals surface area contributed by atoms with E-state index in [1.165, 1.54) is 0 Å². The van der Waals surface area contributed by atoms with Crippen molar-refractivity contribution < 1.29 is 9.90 Å². The van der Waals surface area contributed by atoms with Gasteiger partial charge in [0.2, 0.25) is 5.91 Å². The Morgan fingerprint density at radius 1 is 1.50 bits per heavy atom. The van der Waals surface area contributed by atoms with Crippen molar-refractivity contribution in [3.63, 3.8) is 0 Å². The normalized spacial score (nSPS) is 20.4. The highest BCUT2D eigenvalue weighted by atomic mass is 16.3. The van der Waals surface area contributed by atoms with Gasteiger partial charge in [-0.25, -0.2) is 0 Å². The van der Waals surface area contributed by atoms with Gasteiger partial charge in [-0.2, -0.15) is 0 Å². The van der Waals surface area contributed by atoms with Gasteiger partial charge in [0.25, 0.3) is 0 Å². The second-order valence-corrected chi connectivity index (χ2v) is 3.47. The van der Waals surface area contributed by atoms with E-state index in [1.54, 1.807) is 18.2 Å². The molecule has 14 heavy (non-hydrogen) atoms. The summed E-state index contributed by atoms with van der Waals surface area (Å²) in [5.41, 5.74) is 1.24. The molecule has 0 spiro atoms. The molecule has 74 valence electrons. The molecule has 1 aliphatic heterocycles. The van der Waals surface area contributed by atoms with Crippen LogP contribution >= 0.6 is 0 Å². The van der Waals surface area contributed by atoms with Crippen molar-refractivity contribution in [2.45, 2.75) is 6.92 Å². The number of hydrogen-bond donors (Lipinski definition) is 3. The van der Waals surface area contributed by atoms with Crippen molar-refractivity contribution in [3.05, 3.63) is 18.2 Å². The predicted octanol–water partition coefficient (Wildman–Crippen LogP) is 1.39. The number of nitrogens with one attached hydrogen (secondary N) is 2. The number of aromatic hydroxyl groups is 1. The van der Waals surface area contributed by atoms with Crippen molar-refractivity contribution in [3.8, 4) is 5.75 Å². The number of rotatable bonds is 0. The van der Waals surface area contributed by atoms with Crippen molar-refractivity contribution in [1.29, 1.82) is 0 Å². The fourth-order valence-corrected chi connectivity index (χ4v) is 1.43. The highest BCUT2D eigenvalue weighted by Gasteiger charge is 2.20. The number of amides is 1. The SMILES string of the molecule is CC1CNc2c(O)cccc2NC1=O. The van der Waals surface area contributed by atoms with Crippen LogP contribution in [0.25, 0.3) is 0 Å². The number of hydrogen-bond acceptors (Lipinski definition) is 3. The molecule has 0 aliphatic carbocycles. The molecule has 0 bridgehead atoms. The van der Waals surface area contributed by atoms with Gasteiger partial charge in [0.05, 0.1) is 11.6 Å². The van der Waals surface area contributed by atoms with Gasteiger partial charge in [0.1, 0.15) is 11.4 Å². The molecular formula is C10H12N2O2. The zero-order chi connectivity index (χ0) is 10.1. The molecule has 1 amide bonds. The Bertz CT molecular complexity index is 376. The lowest BCUT2D eigenvalue weighted by molar-refractivity contribution is -0.118. The molecule has 0 aromatic heterocycles. The smallest absolute Gasteiger partial charge is 0.229 e. The van der Waals surface area contributed by atoms with Crippen LogP contribution < -0.4 is 10.6 Å². The summed E-state index contributed by atoms with van der Waals surface area (Å²) in [4.78, 5) is 11.5. The van der Waals surface area contributed by atoms with Gasteiger partial charge < -0.3 is 15.7 Å². The number of phenolic OH excluding ortho intramolecular Hbond substituents is 1. The Morgan fingerprint density at radius 2 is 2.29 bits per heavy atom. The molecule has 2 rings (SSSR count). The molecule has 1 heterocycles. The molecule has 4 nitrogen and oxygen atoms in total. The first kappa shape index (κ1) is 8.87. The topological polar surface area (TPSA) is 61.4 Å². The van der Waals surface area contributed by atoms with Gasteiger partial charge in [0.15, 0.2) is 0 Å². The summed E-state index contributed by atoms with van der Waals surface area (Å²) < 4.78 is 0. The zero-order valence-electron chi connectivity index (χ0n) is 7.87. The monoisotopic (exact) mass is 192 g/mol. The molecule has 3 N–H and O–H groups in total. The highest BCUT2D eigenvalue weighted by molar-refractivity contribution is 5.98. The fraction of sp³-hybridized carbons (Fsp3) is 0.300. The van der Waals surface area contributed by atoms with E-state index in [0.717, 1.165) is 0 Å². The van der Waals surface area contributed by atoms with Crippen molar-refractivity contribution >= 4 is 17.3 Å². The average molecular weight is 192 g/mol. The van der Waals surface area contributed by atoms with Crippen molar-refractivity contribution in [2.24, 2.45) is 5.92 Å². The van der Waals surface area contributed by atoms with Gasteiger partial charge >= 0.3 is 0 Å². The molecule has 4 heteroatoms. The number of phenols is 1. The number of para-hydroxylation sites is 1. The van der Waals surface area contributed by atoms with Gasteiger partial charge in [-0.1, -0.05) is 13.0 Å². The Labute approximate surface area is 81.9 Å². The Hall–Kier alpha value is -1.71. The first-order valence-electron chi connectivity index (χ1n) is 4.55. The lowest BCUT2D eigenvalue weighted by Gasteiger charge is -2.08. The molecule has 0 saturated carbocycles. The highest BCUT2D eigenvalue weighted by Crippen LogP contribution is 2.33. The summed E-state index contributed by atoms with van der Waals surface area (Å²) >= 11 is 0. The van der Waals surface area contributed by atoms with E-state index < -0.39 is 0 Å². The molecule has 0 radical (unpaired) electrons. The molecule has 1 atom stereocenters. The summed E-state index contributed by atoms with van der Waals surface area (Å²) in [6.45, 7) is 2.38. The number of anilines is 2. The van der Waals surface area contributed by atoms with Crippen LogP contribution in [0.2, 0.25) is 0 Å². The third kappa shape index (κ3) is 1.39. The van der Waals surface area contributed by atoms with E-state index in [2.05, 4.69) is 10.6 Å². The second kappa shape index (κ2) is 3.21. The van der Waals surface area contributed by atoms with E-state index in [-0.39, 0.29) is 17.6 Å². The van der Waals surface area contributed by atoms with Crippen LogP contribution in [-0.2, 0) is 4.79 Å². The quantitative estimate of drug-likeness (QED) is 0.544. The van der Waals surface area contributed by atoms with Gasteiger partial charge in [-0.05, 0) is 12.1 Å². The van der Waals surface area contributed by atoms with Crippen LogP contribution in [0.4, 0.5) is 11.4 Å². The predicted molar refractivity (Wildman–Crippen MR) is 54.4 cm³/mol. The number of fused-ring (bicyclic) bond motifs is 1. The van der Waals surface area contributed by atoms with E-state index in [9.17, 15) is 9.90 Å². The lowest BCUT2D eigenvalue weighted by Crippen LogP contribution is -2.22. The van der Waals surface area contributed by atoms with Gasteiger partial charge in [-0.3, -0.25) is 4.79 Å². The average Bonchev–Trinajstić information content (AvgIpc) is 2.29. The summed E-state index contributed by atoms with van der Waals surface area (Å²) in [5.74, 6) is 0.0422. The third-order valence-electron chi connectivity index (χ3n) is 2.33. The molecule has 1 aromatic carbocycles. The Kier molecular flexibility index (Phi) is 2.04. The lowest BCUT2D eigenvalue weighted by atomic mass is 10.2.